The van der Waals surface area contributed by atoms with E-state index in [1.54, 1.807) is 12.1 Å². The van der Waals surface area contributed by atoms with E-state index in [-0.39, 0.29) is 22.8 Å². The van der Waals surface area contributed by atoms with Crippen LogP contribution in [0.5, 0.6) is 5.75 Å². The van der Waals surface area contributed by atoms with Crippen LogP contribution >= 0.6 is 11.6 Å². The van der Waals surface area contributed by atoms with Gasteiger partial charge in [-0.15, -0.1) is 13.2 Å². The Hall–Kier alpha value is -2.45. The molecule has 0 aliphatic carbocycles. The lowest BCUT2D eigenvalue weighted by molar-refractivity contribution is -0.274. The van der Waals surface area contributed by atoms with Crippen molar-refractivity contribution in [2.24, 2.45) is 10.7 Å². The van der Waals surface area contributed by atoms with E-state index in [0.717, 1.165) is 18.4 Å². The van der Waals surface area contributed by atoms with Gasteiger partial charge in [0.2, 0.25) is 0 Å². The second-order valence-electron chi connectivity index (χ2n) is 6.77. The molecule has 5 nitrogen and oxygen atoms in total. The number of ether oxygens (including phenoxy) is 2. The first-order valence-corrected chi connectivity index (χ1v) is 9.41. The molecule has 0 spiro atoms. The molecule has 2 aromatic carbocycles. The summed E-state index contributed by atoms with van der Waals surface area (Å²) in [6.07, 6.45) is -3.34. The van der Waals surface area contributed by atoms with Crippen LogP contribution < -0.4 is 15.8 Å². The van der Waals surface area contributed by atoms with Crippen LogP contribution in [0.2, 0.25) is 5.02 Å². The molecule has 2 aromatic rings. The second-order valence-corrected chi connectivity index (χ2v) is 7.21. The van der Waals surface area contributed by atoms with E-state index in [1.807, 2.05) is 18.2 Å². The van der Waals surface area contributed by atoms with Gasteiger partial charge in [-0.2, -0.15) is 0 Å². The van der Waals surface area contributed by atoms with Gasteiger partial charge in [0, 0.05) is 23.7 Å². The average Bonchev–Trinajstić information content (AvgIpc) is 2.68. The van der Waals surface area contributed by atoms with Gasteiger partial charge in [0.25, 0.3) is 0 Å². The molecule has 0 saturated carbocycles. The van der Waals surface area contributed by atoms with Gasteiger partial charge in [-0.05, 0) is 42.7 Å². The fourth-order valence-electron chi connectivity index (χ4n) is 3.32. The van der Waals surface area contributed by atoms with Crippen LogP contribution in [0, 0.1) is 0 Å². The van der Waals surface area contributed by atoms with E-state index in [9.17, 15) is 13.2 Å². The lowest BCUT2D eigenvalue weighted by atomic mass is 9.74. The van der Waals surface area contributed by atoms with Crippen LogP contribution in [0.15, 0.2) is 53.5 Å². The molecule has 0 bridgehead atoms. The third-order valence-corrected chi connectivity index (χ3v) is 5.05. The maximum Gasteiger partial charge on any atom is 0.573 e. The summed E-state index contributed by atoms with van der Waals surface area (Å²) in [6, 6.07) is 13.2. The summed E-state index contributed by atoms with van der Waals surface area (Å²) in [5, 5.41) is 3.32. The van der Waals surface area contributed by atoms with Crippen LogP contribution in [-0.2, 0) is 10.2 Å². The minimum Gasteiger partial charge on any atom is -0.404 e. The van der Waals surface area contributed by atoms with E-state index < -0.39 is 6.36 Å². The number of hydrogen-bond donors (Lipinski definition) is 2. The molecule has 0 radical (unpaired) electrons. The number of nitrogens with one attached hydrogen (secondary N) is 1. The Bertz CT molecular complexity index is 868. The predicted octanol–water partition coefficient (Wildman–Crippen LogP) is 4.71. The Balaban J connectivity index is 1.79. The van der Waals surface area contributed by atoms with Crippen molar-refractivity contribution in [2.45, 2.75) is 24.6 Å². The van der Waals surface area contributed by atoms with Gasteiger partial charge in [-0.25, -0.2) is 0 Å². The van der Waals surface area contributed by atoms with Crippen molar-refractivity contribution in [1.29, 1.82) is 0 Å². The third-order valence-electron chi connectivity index (χ3n) is 4.81. The molecule has 0 atom stereocenters. The van der Waals surface area contributed by atoms with Crippen molar-refractivity contribution in [1.82, 2.24) is 0 Å². The van der Waals surface area contributed by atoms with Crippen LogP contribution in [0.3, 0.4) is 0 Å². The highest BCUT2D eigenvalue weighted by Crippen LogP contribution is 2.36. The molecule has 1 saturated heterocycles. The zero-order valence-electron chi connectivity index (χ0n) is 15.5. The number of anilines is 1. The van der Waals surface area contributed by atoms with Gasteiger partial charge in [0.15, 0.2) is 11.7 Å². The van der Waals surface area contributed by atoms with Crippen LogP contribution in [0.4, 0.5) is 18.9 Å². The molecule has 1 heterocycles. The Labute approximate surface area is 171 Å². The molecular formula is C20H21ClF3N3O2. The van der Waals surface area contributed by atoms with E-state index >= 15 is 0 Å². The van der Waals surface area contributed by atoms with Crippen molar-refractivity contribution in [3.05, 3.63) is 59.1 Å². The van der Waals surface area contributed by atoms with Crippen LogP contribution in [-0.4, -0.2) is 32.1 Å². The summed E-state index contributed by atoms with van der Waals surface area (Å²) >= 11 is 6.16. The highest BCUT2D eigenvalue weighted by molar-refractivity contribution is 6.30. The van der Waals surface area contributed by atoms with Gasteiger partial charge in [-0.3, -0.25) is 4.99 Å². The number of hydrogen-bond acceptors (Lipinski definition) is 3. The fourth-order valence-corrected chi connectivity index (χ4v) is 3.51. The molecule has 29 heavy (non-hydrogen) atoms. The smallest absolute Gasteiger partial charge is 0.404 e. The SMILES string of the molecule is NC(=NCC1(c2cccc(Cl)c2)CCOCC1)Nc1ccccc1OC(F)(F)F. The minimum atomic E-state index is -4.80. The van der Waals surface area contributed by atoms with Crippen molar-refractivity contribution in [3.8, 4) is 5.75 Å². The molecule has 0 aromatic heterocycles. The summed E-state index contributed by atoms with van der Waals surface area (Å²) in [5.74, 6) is -0.384. The maximum absolute atomic E-state index is 12.6. The standard InChI is InChI=1S/C20H21ClF3N3O2/c21-15-5-3-4-14(12-15)19(8-10-28-11-9-19)13-26-18(25)27-16-6-1-2-7-17(16)29-20(22,23)24/h1-7,12H,8-11,13H2,(H3,25,26,27). The first kappa shape index (κ1) is 21.3. The molecule has 3 rings (SSSR count). The van der Waals surface area contributed by atoms with Gasteiger partial charge >= 0.3 is 6.36 Å². The fraction of sp³-hybridized carbons (Fsp3) is 0.350. The number of benzene rings is 2. The van der Waals surface area contributed by atoms with Gasteiger partial charge in [-0.1, -0.05) is 35.9 Å². The van der Waals surface area contributed by atoms with Crippen molar-refractivity contribution >= 4 is 23.2 Å². The second kappa shape index (κ2) is 8.92. The zero-order valence-corrected chi connectivity index (χ0v) is 16.3. The van der Waals surface area contributed by atoms with E-state index in [2.05, 4.69) is 15.0 Å². The number of rotatable bonds is 5. The Morgan fingerprint density at radius 2 is 1.90 bits per heavy atom. The summed E-state index contributed by atoms with van der Waals surface area (Å²) in [7, 11) is 0. The molecule has 9 heteroatoms. The molecule has 1 aliphatic heterocycles. The molecule has 0 amide bonds. The zero-order chi connectivity index (χ0) is 20.9. The molecule has 156 valence electrons. The first-order chi connectivity index (χ1) is 13.8. The van der Waals surface area contributed by atoms with Crippen LogP contribution in [0.25, 0.3) is 0 Å². The van der Waals surface area contributed by atoms with E-state index in [4.69, 9.17) is 22.1 Å². The van der Waals surface area contributed by atoms with Crippen LogP contribution in [0.1, 0.15) is 18.4 Å². The number of nitrogens with zero attached hydrogens (tertiary/aromatic N) is 1. The van der Waals surface area contributed by atoms with Gasteiger partial charge < -0.3 is 20.5 Å². The summed E-state index contributed by atoms with van der Waals surface area (Å²) < 4.78 is 47.3. The van der Waals surface area contributed by atoms with E-state index in [1.165, 1.54) is 18.2 Å². The molecule has 0 unspecified atom stereocenters. The average molecular weight is 428 g/mol. The Morgan fingerprint density at radius 3 is 2.59 bits per heavy atom. The minimum absolute atomic E-state index is 0.00359. The lowest BCUT2D eigenvalue weighted by Gasteiger charge is -2.36. The largest absolute Gasteiger partial charge is 0.573 e. The normalized spacial score (nSPS) is 17.0. The molecular weight excluding hydrogens is 407 g/mol. The number of alkyl halides is 3. The number of guanidine groups is 1. The third kappa shape index (κ3) is 5.77. The Morgan fingerprint density at radius 1 is 1.17 bits per heavy atom. The summed E-state index contributed by atoms with van der Waals surface area (Å²) in [4.78, 5) is 4.41. The Kier molecular flexibility index (Phi) is 6.54. The number of aliphatic imine (C=N–C) groups is 1. The number of para-hydroxylation sites is 2. The molecule has 1 aliphatic rings. The first-order valence-electron chi connectivity index (χ1n) is 9.03. The lowest BCUT2D eigenvalue weighted by Crippen LogP contribution is -2.38. The maximum atomic E-state index is 12.6. The molecule has 1 fully saturated rings. The van der Waals surface area contributed by atoms with Gasteiger partial charge in [0.05, 0.1) is 12.2 Å². The van der Waals surface area contributed by atoms with Gasteiger partial charge in [0.1, 0.15) is 0 Å². The highest BCUT2D eigenvalue weighted by Gasteiger charge is 2.35. The molecule has 3 N–H and O–H groups in total. The van der Waals surface area contributed by atoms with Crippen molar-refractivity contribution in [2.75, 3.05) is 25.1 Å². The predicted molar refractivity (Wildman–Crippen MR) is 106 cm³/mol. The topological polar surface area (TPSA) is 68.9 Å². The quantitative estimate of drug-likeness (QED) is 0.535. The van der Waals surface area contributed by atoms with E-state index in [0.29, 0.717) is 24.8 Å². The summed E-state index contributed by atoms with van der Waals surface area (Å²) in [5.41, 5.74) is 6.77. The summed E-state index contributed by atoms with van der Waals surface area (Å²) in [6.45, 7) is 1.51. The van der Waals surface area contributed by atoms with Crippen molar-refractivity contribution in [3.63, 3.8) is 0 Å². The highest BCUT2D eigenvalue weighted by atomic mass is 35.5. The monoisotopic (exact) mass is 427 g/mol. The number of nitrogens with two attached hydrogens (primary N) is 1. The van der Waals surface area contributed by atoms with Crippen molar-refractivity contribution < 1.29 is 22.6 Å². The number of halogens is 4.